The van der Waals surface area contributed by atoms with Crippen molar-refractivity contribution in [2.75, 3.05) is 13.2 Å². The molecule has 1 saturated heterocycles. The van der Waals surface area contributed by atoms with Crippen LogP contribution >= 0.6 is 0 Å². The van der Waals surface area contributed by atoms with E-state index >= 15 is 0 Å². The van der Waals surface area contributed by atoms with Gasteiger partial charge in [-0.15, -0.1) is 0 Å². The molecule has 0 aliphatic carbocycles. The Labute approximate surface area is 204 Å². The second-order valence-electron chi connectivity index (χ2n) is 10.1. The molecule has 0 unspecified atom stereocenters. The molecular formula is C29H35NO3Si. The molecule has 3 aromatic carbocycles. The molecule has 1 heterocycles. The molecule has 0 aromatic heterocycles. The van der Waals surface area contributed by atoms with Crippen molar-refractivity contribution in [1.29, 1.82) is 0 Å². The molecule has 178 valence electrons. The van der Waals surface area contributed by atoms with E-state index in [1.807, 2.05) is 41.3 Å². The van der Waals surface area contributed by atoms with Crippen molar-refractivity contribution in [3.05, 3.63) is 96.1 Å². The molecule has 1 fully saturated rings. The Morgan fingerprint density at radius 2 is 1.50 bits per heavy atom. The Kier molecular flexibility index (Phi) is 7.36. The van der Waals surface area contributed by atoms with E-state index in [4.69, 9.17) is 4.43 Å². The van der Waals surface area contributed by atoms with E-state index in [9.17, 15) is 9.90 Å². The summed E-state index contributed by atoms with van der Waals surface area (Å²) in [5.74, 6) is -0.0156. The molecule has 0 bridgehead atoms. The average molecular weight is 474 g/mol. The molecule has 1 N–H and O–H groups in total. The summed E-state index contributed by atoms with van der Waals surface area (Å²) in [6.07, 6.45) is 1.78. The predicted molar refractivity (Wildman–Crippen MR) is 140 cm³/mol. The van der Waals surface area contributed by atoms with E-state index < -0.39 is 8.32 Å². The summed E-state index contributed by atoms with van der Waals surface area (Å²) in [4.78, 5) is 15.3. The van der Waals surface area contributed by atoms with Crippen LogP contribution in [0.15, 0.2) is 84.9 Å². The maximum Gasteiger partial charge on any atom is 0.261 e. The molecule has 1 atom stereocenters. The van der Waals surface area contributed by atoms with Crippen LogP contribution in [-0.2, 0) is 11.0 Å². The van der Waals surface area contributed by atoms with Crippen molar-refractivity contribution in [1.82, 2.24) is 4.90 Å². The number of carbonyl (C=O) groups is 1. The average Bonchev–Trinajstić information content (AvgIpc) is 3.34. The van der Waals surface area contributed by atoms with Gasteiger partial charge in [0.15, 0.2) is 0 Å². The standard InChI is InChI=1S/C29H35NO3Si/c1-29(2,3)34(25-15-6-4-7-16-25,26-17-8-5-9-18-26)33-22-23-13-10-11-19-27(23)28(32)30-20-12-14-24(30)21-31/h4-11,13,15-19,24,31H,12,14,20-22H2,1-3H3/t24-/m0/s1. The molecule has 34 heavy (non-hydrogen) atoms. The van der Waals surface area contributed by atoms with E-state index in [2.05, 4.69) is 69.3 Å². The summed E-state index contributed by atoms with van der Waals surface area (Å²) in [6, 6.07) is 28.8. The van der Waals surface area contributed by atoms with Gasteiger partial charge in [0.25, 0.3) is 14.2 Å². The first-order valence-electron chi connectivity index (χ1n) is 12.1. The van der Waals surface area contributed by atoms with Gasteiger partial charge in [-0.2, -0.15) is 0 Å². The number of carbonyl (C=O) groups excluding carboxylic acids is 1. The monoisotopic (exact) mass is 473 g/mol. The van der Waals surface area contributed by atoms with Crippen LogP contribution in [0.5, 0.6) is 0 Å². The molecule has 0 spiro atoms. The highest BCUT2D eigenvalue weighted by molar-refractivity contribution is 6.99. The first kappa shape index (κ1) is 24.4. The van der Waals surface area contributed by atoms with Crippen LogP contribution in [0.1, 0.15) is 49.5 Å². The topological polar surface area (TPSA) is 49.8 Å². The lowest BCUT2D eigenvalue weighted by Crippen LogP contribution is -2.66. The fourth-order valence-corrected chi connectivity index (χ4v) is 9.78. The Balaban J connectivity index is 1.74. The highest BCUT2D eigenvalue weighted by Gasteiger charge is 2.50. The minimum atomic E-state index is -2.71. The van der Waals surface area contributed by atoms with Crippen LogP contribution in [0.25, 0.3) is 0 Å². The van der Waals surface area contributed by atoms with Gasteiger partial charge in [0.1, 0.15) is 0 Å². The third-order valence-corrected chi connectivity index (χ3v) is 11.9. The maximum atomic E-state index is 13.5. The number of benzene rings is 3. The minimum absolute atomic E-state index is 0.00642. The van der Waals surface area contributed by atoms with Crippen LogP contribution in [0, 0.1) is 0 Å². The van der Waals surface area contributed by atoms with Gasteiger partial charge < -0.3 is 14.4 Å². The zero-order valence-corrected chi connectivity index (χ0v) is 21.4. The molecule has 3 aromatic rings. The molecular weight excluding hydrogens is 438 g/mol. The normalized spacial score (nSPS) is 16.6. The molecule has 1 aliphatic heterocycles. The Hall–Kier alpha value is -2.73. The number of aliphatic hydroxyl groups is 1. The summed E-state index contributed by atoms with van der Waals surface area (Å²) in [7, 11) is -2.71. The van der Waals surface area contributed by atoms with Crippen molar-refractivity contribution in [3.8, 4) is 0 Å². The van der Waals surface area contributed by atoms with Crippen molar-refractivity contribution < 1.29 is 14.3 Å². The fourth-order valence-electron chi connectivity index (χ4n) is 5.25. The summed E-state index contributed by atoms with van der Waals surface area (Å²) in [5, 5.41) is 12.0. The van der Waals surface area contributed by atoms with Gasteiger partial charge in [0, 0.05) is 12.1 Å². The molecule has 0 radical (unpaired) electrons. The summed E-state index contributed by atoms with van der Waals surface area (Å²) in [5.41, 5.74) is 1.56. The van der Waals surface area contributed by atoms with Crippen molar-refractivity contribution in [2.45, 2.75) is 51.3 Å². The number of likely N-dealkylation sites (tertiary alicyclic amines) is 1. The largest absolute Gasteiger partial charge is 0.403 e. The first-order chi connectivity index (χ1) is 16.4. The minimum Gasteiger partial charge on any atom is -0.403 e. The number of nitrogens with zero attached hydrogens (tertiary/aromatic N) is 1. The smallest absolute Gasteiger partial charge is 0.261 e. The van der Waals surface area contributed by atoms with Gasteiger partial charge in [-0.25, -0.2) is 0 Å². The molecule has 1 aliphatic rings. The molecule has 0 saturated carbocycles. The second kappa shape index (κ2) is 10.3. The van der Waals surface area contributed by atoms with E-state index in [0.29, 0.717) is 18.7 Å². The first-order valence-corrected chi connectivity index (χ1v) is 14.0. The highest BCUT2D eigenvalue weighted by atomic mass is 28.4. The number of rotatable bonds is 7. The summed E-state index contributed by atoms with van der Waals surface area (Å²) >= 11 is 0. The molecule has 4 nitrogen and oxygen atoms in total. The zero-order valence-electron chi connectivity index (χ0n) is 20.4. The molecule has 5 heteroatoms. The third kappa shape index (κ3) is 4.60. The Bertz CT molecular complexity index is 1060. The van der Waals surface area contributed by atoms with E-state index in [0.717, 1.165) is 18.4 Å². The van der Waals surface area contributed by atoms with Crippen LogP contribution in [-0.4, -0.2) is 43.4 Å². The summed E-state index contributed by atoms with van der Waals surface area (Å²) < 4.78 is 7.08. The Morgan fingerprint density at radius 1 is 0.941 bits per heavy atom. The van der Waals surface area contributed by atoms with Gasteiger partial charge in [-0.05, 0) is 39.9 Å². The van der Waals surface area contributed by atoms with Gasteiger partial charge in [-0.3, -0.25) is 4.79 Å². The van der Waals surface area contributed by atoms with Crippen molar-refractivity contribution in [3.63, 3.8) is 0 Å². The second-order valence-corrected chi connectivity index (χ2v) is 14.4. The van der Waals surface area contributed by atoms with Gasteiger partial charge in [0.2, 0.25) is 0 Å². The number of amides is 1. The lowest BCUT2D eigenvalue weighted by atomic mass is 10.1. The maximum absolute atomic E-state index is 13.5. The van der Waals surface area contributed by atoms with Gasteiger partial charge >= 0.3 is 0 Å². The lowest BCUT2D eigenvalue weighted by molar-refractivity contribution is 0.0675. The fraction of sp³-hybridized carbons (Fsp3) is 0.345. The van der Waals surface area contributed by atoms with E-state index in [1.54, 1.807) is 0 Å². The van der Waals surface area contributed by atoms with E-state index in [-0.39, 0.29) is 23.6 Å². The molecule has 4 rings (SSSR count). The number of hydrogen-bond donors (Lipinski definition) is 1. The van der Waals surface area contributed by atoms with Gasteiger partial charge in [0.05, 0.1) is 19.3 Å². The summed E-state index contributed by atoms with van der Waals surface area (Å²) in [6.45, 7) is 7.82. The van der Waals surface area contributed by atoms with Crippen LogP contribution < -0.4 is 10.4 Å². The van der Waals surface area contributed by atoms with Crippen LogP contribution in [0.2, 0.25) is 5.04 Å². The molecule has 1 amide bonds. The number of hydrogen-bond acceptors (Lipinski definition) is 3. The predicted octanol–water partition coefficient (Wildman–Crippen LogP) is 4.36. The van der Waals surface area contributed by atoms with Crippen LogP contribution in [0.4, 0.5) is 0 Å². The van der Waals surface area contributed by atoms with Crippen molar-refractivity contribution in [2.24, 2.45) is 0 Å². The quantitative estimate of drug-likeness (QED) is 0.519. The highest BCUT2D eigenvalue weighted by Crippen LogP contribution is 2.37. The number of aliphatic hydroxyl groups excluding tert-OH is 1. The van der Waals surface area contributed by atoms with E-state index in [1.165, 1.54) is 10.4 Å². The van der Waals surface area contributed by atoms with Gasteiger partial charge in [-0.1, -0.05) is 99.6 Å². The SMILES string of the molecule is CC(C)(C)[Si](OCc1ccccc1C(=O)N1CCC[C@H]1CO)(c1ccccc1)c1ccccc1. The third-order valence-electron chi connectivity index (χ3n) is 6.96. The van der Waals surface area contributed by atoms with Crippen molar-refractivity contribution >= 4 is 24.6 Å². The van der Waals surface area contributed by atoms with Crippen LogP contribution in [0.3, 0.4) is 0 Å². The zero-order chi connectivity index (χ0) is 24.2. The Morgan fingerprint density at radius 3 is 2.06 bits per heavy atom. The lowest BCUT2D eigenvalue weighted by Gasteiger charge is -2.43.